The van der Waals surface area contributed by atoms with Gasteiger partial charge < -0.3 is 29.6 Å². The molecule has 0 aliphatic carbocycles. The molecule has 1 aliphatic rings. The number of methoxy groups -OCH3 is 1. The molecule has 2 unspecified atom stereocenters. The first-order valence-corrected chi connectivity index (χ1v) is 16.9. The van der Waals surface area contributed by atoms with E-state index < -0.39 is 54.1 Å². The molecule has 1 saturated heterocycles. The minimum absolute atomic E-state index is 0.0429. The lowest BCUT2D eigenvalue weighted by Crippen LogP contribution is -2.58. The number of rotatable bonds is 10. The Labute approximate surface area is 268 Å². The molecular weight excluding hydrogens is 643 g/mol. The molecule has 3 amide bonds. The SMILES string of the molecule is COC(=O)CCN(C(=O)C1CCCN1C(=O)C(NC(=O)c1cc2cc(C(F)(F)P(=O)(O)O)ccc2s1)C(C)(C)C)c1ccccc1. The lowest BCUT2D eigenvalue weighted by atomic mass is 9.85. The molecule has 4 rings (SSSR count). The van der Waals surface area contributed by atoms with Crippen molar-refractivity contribution >= 4 is 58.4 Å². The van der Waals surface area contributed by atoms with Gasteiger partial charge in [-0.2, -0.15) is 8.78 Å². The highest BCUT2D eigenvalue weighted by atomic mass is 32.1. The van der Waals surface area contributed by atoms with Crippen LogP contribution >= 0.6 is 18.9 Å². The van der Waals surface area contributed by atoms with Crippen LogP contribution in [0, 0.1) is 5.41 Å². The summed E-state index contributed by atoms with van der Waals surface area (Å²) >= 11 is 0.971. The second-order valence-corrected chi connectivity index (χ2v) is 14.8. The predicted octanol–water partition coefficient (Wildman–Crippen LogP) is 4.86. The summed E-state index contributed by atoms with van der Waals surface area (Å²) in [5, 5.41) is 2.95. The summed E-state index contributed by atoms with van der Waals surface area (Å²) in [7, 11) is -4.53. The van der Waals surface area contributed by atoms with Crippen molar-refractivity contribution in [2.75, 3.05) is 25.1 Å². The molecule has 15 heteroatoms. The van der Waals surface area contributed by atoms with E-state index in [1.165, 1.54) is 29.0 Å². The fourth-order valence-electron chi connectivity index (χ4n) is 5.27. The summed E-state index contributed by atoms with van der Waals surface area (Å²) in [6, 6.07) is 11.2. The maximum absolute atomic E-state index is 14.3. The van der Waals surface area contributed by atoms with Gasteiger partial charge in [0.15, 0.2) is 0 Å². The van der Waals surface area contributed by atoms with E-state index in [-0.39, 0.29) is 35.7 Å². The molecule has 46 heavy (non-hydrogen) atoms. The van der Waals surface area contributed by atoms with Gasteiger partial charge in [0.05, 0.1) is 18.4 Å². The van der Waals surface area contributed by atoms with Crippen LogP contribution in [0.15, 0.2) is 54.6 Å². The molecule has 1 fully saturated rings. The Morgan fingerprint density at radius 3 is 2.39 bits per heavy atom. The van der Waals surface area contributed by atoms with Crippen LogP contribution in [0.3, 0.4) is 0 Å². The lowest BCUT2D eigenvalue weighted by molar-refractivity contribution is -0.142. The summed E-state index contributed by atoms with van der Waals surface area (Å²) in [4.78, 5) is 74.6. The second-order valence-electron chi connectivity index (χ2n) is 12.1. The van der Waals surface area contributed by atoms with Crippen LogP contribution < -0.4 is 10.2 Å². The van der Waals surface area contributed by atoms with Crippen LogP contribution in [-0.4, -0.2) is 70.7 Å². The summed E-state index contributed by atoms with van der Waals surface area (Å²) in [6.07, 6.45) is 0.880. The van der Waals surface area contributed by atoms with Crippen molar-refractivity contribution in [3.05, 3.63) is 65.0 Å². The number of carbonyl (C=O) groups excluding carboxylic acids is 4. The van der Waals surface area contributed by atoms with Crippen molar-refractivity contribution in [3.8, 4) is 0 Å². The second kappa shape index (κ2) is 13.6. The topological polar surface area (TPSA) is 154 Å². The average molecular weight is 680 g/mol. The van der Waals surface area contributed by atoms with E-state index in [1.54, 1.807) is 51.1 Å². The largest absolute Gasteiger partial charge is 0.469 e. The van der Waals surface area contributed by atoms with Crippen LogP contribution in [0.2, 0.25) is 0 Å². The minimum atomic E-state index is -5.79. The number of halogens is 2. The molecule has 11 nitrogen and oxygen atoms in total. The summed E-state index contributed by atoms with van der Waals surface area (Å²) in [6.45, 7) is 5.60. The Kier molecular flexibility index (Phi) is 10.4. The molecule has 1 aliphatic heterocycles. The number of amides is 3. The molecular formula is C31H36F2N3O8PS. The first kappa shape index (κ1) is 35.1. The number of hydrogen-bond donors (Lipinski definition) is 3. The highest BCUT2D eigenvalue weighted by molar-refractivity contribution is 7.52. The number of nitrogens with one attached hydrogen (secondary N) is 1. The van der Waals surface area contributed by atoms with E-state index in [9.17, 15) is 32.5 Å². The van der Waals surface area contributed by atoms with E-state index in [0.717, 1.165) is 23.5 Å². The van der Waals surface area contributed by atoms with Crippen molar-refractivity contribution in [2.24, 2.45) is 5.41 Å². The Morgan fingerprint density at radius 2 is 1.78 bits per heavy atom. The highest BCUT2D eigenvalue weighted by Crippen LogP contribution is 2.59. The number of para-hydroxylation sites is 1. The Balaban J connectivity index is 1.58. The molecule has 3 N–H and O–H groups in total. The van der Waals surface area contributed by atoms with Crippen molar-refractivity contribution in [3.63, 3.8) is 0 Å². The quantitative estimate of drug-likeness (QED) is 0.203. The summed E-state index contributed by atoms with van der Waals surface area (Å²) < 4.78 is 45.1. The molecule has 0 bridgehead atoms. The molecule has 1 aromatic heterocycles. The van der Waals surface area contributed by atoms with Crippen LogP contribution in [0.1, 0.15) is 55.3 Å². The zero-order valence-corrected chi connectivity index (χ0v) is 27.4. The number of fused-ring (bicyclic) bond motifs is 1. The van der Waals surface area contributed by atoms with E-state index in [1.807, 2.05) is 0 Å². The average Bonchev–Trinajstić information content (AvgIpc) is 3.66. The molecule has 248 valence electrons. The van der Waals surface area contributed by atoms with Crippen molar-refractivity contribution < 1.29 is 47.0 Å². The number of carbonyl (C=O) groups is 4. The van der Waals surface area contributed by atoms with E-state index in [4.69, 9.17) is 14.5 Å². The van der Waals surface area contributed by atoms with Gasteiger partial charge in [-0.1, -0.05) is 45.0 Å². The number of benzene rings is 2. The number of ether oxygens (including phenoxy) is 1. The molecule has 2 aromatic carbocycles. The van der Waals surface area contributed by atoms with Gasteiger partial charge in [-0.15, -0.1) is 11.3 Å². The Bertz CT molecular complexity index is 1670. The minimum Gasteiger partial charge on any atom is -0.469 e. The van der Waals surface area contributed by atoms with Gasteiger partial charge in [0, 0.05) is 29.0 Å². The predicted molar refractivity (Wildman–Crippen MR) is 169 cm³/mol. The van der Waals surface area contributed by atoms with Gasteiger partial charge in [0.2, 0.25) is 11.8 Å². The Hall–Kier alpha value is -3.71. The molecule has 0 radical (unpaired) electrons. The van der Waals surface area contributed by atoms with Crippen LogP contribution in [-0.2, 0) is 29.3 Å². The molecule has 0 saturated carbocycles. The summed E-state index contributed by atoms with van der Waals surface area (Å²) in [5.41, 5.74) is -5.54. The number of hydrogen-bond acceptors (Lipinski definition) is 7. The fraction of sp³-hybridized carbons (Fsp3) is 0.419. The lowest BCUT2D eigenvalue weighted by Gasteiger charge is -2.36. The number of alkyl halides is 2. The van der Waals surface area contributed by atoms with E-state index in [2.05, 4.69) is 5.32 Å². The molecule has 2 atom stereocenters. The monoisotopic (exact) mass is 679 g/mol. The smallest absolute Gasteiger partial charge is 0.399 e. The van der Waals surface area contributed by atoms with E-state index in [0.29, 0.717) is 23.2 Å². The third kappa shape index (κ3) is 7.46. The summed E-state index contributed by atoms with van der Waals surface area (Å²) in [5.74, 6) is -1.98. The van der Waals surface area contributed by atoms with Crippen LogP contribution in [0.25, 0.3) is 10.1 Å². The van der Waals surface area contributed by atoms with Gasteiger partial charge in [-0.25, -0.2) is 0 Å². The van der Waals surface area contributed by atoms with Crippen molar-refractivity contribution in [1.82, 2.24) is 10.2 Å². The number of nitrogens with zero attached hydrogens (tertiary/aromatic N) is 2. The third-order valence-electron chi connectivity index (χ3n) is 7.76. The molecule has 0 spiro atoms. The van der Waals surface area contributed by atoms with Gasteiger partial charge in [-0.05, 0) is 54.0 Å². The maximum atomic E-state index is 14.3. The number of likely N-dealkylation sites (tertiary alicyclic amines) is 1. The van der Waals surface area contributed by atoms with Gasteiger partial charge in [-0.3, -0.25) is 23.7 Å². The van der Waals surface area contributed by atoms with Gasteiger partial charge in [0.25, 0.3) is 5.91 Å². The zero-order valence-electron chi connectivity index (χ0n) is 25.7. The first-order chi connectivity index (χ1) is 21.5. The fourth-order valence-corrected chi connectivity index (χ4v) is 6.70. The number of anilines is 1. The van der Waals surface area contributed by atoms with Crippen molar-refractivity contribution in [1.29, 1.82) is 0 Å². The number of thiophene rings is 1. The standard InChI is InChI=1S/C31H36F2N3O8PS/c1-30(2,3)26(34-27(38)24-18-19-17-20(12-13-23(19)46-24)31(32,33)45(41,42)43)29(40)36-15-8-11-22(36)28(39)35(16-14-25(37)44-4)21-9-6-5-7-10-21/h5-7,9-10,12-13,17-18,22,26H,8,11,14-16H2,1-4H3,(H,34,38)(H2,41,42,43). The van der Waals surface area contributed by atoms with E-state index >= 15 is 0 Å². The van der Waals surface area contributed by atoms with Gasteiger partial charge >= 0.3 is 19.2 Å². The van der Waals surface area contributed by atoms with Crippen molar-refractivity contribution in [2.45, 2.75) is 57.8 Å². The number of esters is 1. The van der Waals surface area contributed by atoms with Crippen LogP contribution in [0.4, 0.5) is 14.5 Å². The Morgan fingerprint density at radius 1 is 1.11 bits per heavy atom. The first-order valence-electron chi connectivity index (χ1n) is 14.5. The maximum Gasteiger partial charge on any atom is 0.399 e. The normalized spacial score (nSPS) is 16.3. The third-order valence-corrected chi connectivity index (χ3v) is 9.87. The van der Waals surface area contributed by atoms with Crippen LogP contribution in [0.5, 0.6) is 0 Å². The molecule has 2 heterocycles. The van der Waals surface area contributed by atoms with Gasteiger partial charge in [0.1, 0.15) is 12.1 Å². The highest BCUT2D eigenvalue weighted by Gasteiger charge is 2.50. The zero-order chi connectivity index (χ0) is 34.0. The molecule has 3 aromatic rings.